The van der Waals surface area contributed by atoms with Crippen LogP contribution in [-0.4, -0.2) is 77.2 Å². The van der Waals surface area contributed by atoms with Crippen molar-refractivity contribution in [3.63, 3.8) is 0 Å². The number of fused-ring (bicyclic) bond motifs is 1. The number of hydrogen-bond donors (Lipinski definition) is 1. The normalized spacial score (nSPS) is 19.3. The molecule has 5 rings (SSSR count). The fraction of sp³-hybridized carbons (Fsp3) is 0.464. The summed E-state index contributed by atoms with van der Waals surface area (Å²) in [4.78, 5) is 17.8. The van der Waals surface area contributed by atoms with Crippen LogP contribution in [0, 0.1) is 12.7 Å². The summed E-state index contributed by atoms with van der Waals surface area (Å²) in [6.07, 6.45) is 2.86. The Morgan fingerprint density at radius 3 is 2.68 bits per heavy atom. The number of alkyl halides is 1. The van der Waals surface area contributed by atoms with Crippen molar-refractivity contribution in [3.8, 4) is 17.0 Å². The molecule has 13 heteroatoms. The molecular formula is C28H33F2N7O4. The molecule has 1 unspecified atom stereocenters. The summed E-state index contributed by atoms with van der Waals surface area (Å²) in [5.74, 6) is -0.0828. The van der Waals surface area contributed by atoms with E-state index in [9.17, 15) is 14.3 Å². The molecule has 0 spiro atoms. The summed E-state index contributed by atoms with van der Waals surface area (Å²) in [5, 5.41) is 23.9. The van der Waals surface area contributed by atoms with Crippen LogP contribution in [0.25, 0.3) is 16.8 Å². The van der Waals surface area contributed by atoms with Gasteiger partial charge < -0.3 is 19.5 Å². The molecule has 0 aliphatic carbocycles. The minimum absolute atomic E-state index is 0.103. The van der Waals surface area contributed by atoms with Gasteiger partial charge in [0, 0.05) is 18.3 Å². The molecule has 1 aliphatic rings. The summed E-state index contributed by atoms with van der Waals surface area (Å²) >= 11 is 0. The minimum Gasteiger partial charge on any atom is -0.488 e. The second-order valence-corrected chi connectivity index (χ2v) is 11.4. The Morgan fingerprint density at radius 2 is 2.00 bits per heavy atom. The van der Waals surface area contributed by atoms with E-state index in [1.807, 2.05) is 0 Å². The van der Waals surface area contributed by atoms with E-state index in [2.05, 4.69) is 20.4 Å². The summed E-state index contributed by atoms with van der Waals surface area (Å²) in [5.41, 5.74) is 0.537. The third kappa shape index (κ3) is 5.99. The van der Waals surface area contributed by atoms with Gasteiger partial charge in [-0.1, -0.05) is 5.21 Å². The summed E-state index contributed by atoms with van der Waals surface area (Å²) < 4.78 is 43.3. The number of piperidine rings is 1. The van der Waals surface area contributed by atoms with Crippen LogP contribution in [0.15, 0.2) is 42.9 Å². The van der Waals surface area contributed by atoms with E-state index < -0.39 is 35.3 Å². The molecule has 4 aromatic heterocycles. The fourth-order valence-electron chi connectivity index (χ4n) is 4.81. The highest BCUT2D eigenvalue weighted by atomic mass is 19.1. The van der Waals surface area contributed by atoms with Gasteiger partial charge in [0.15, 0.2) is 0 Å². The molecule has 0 bridgehead atoms. The van der Waals surface area contributed by atoms with E-state index in [0.29, 0.717) is 41.2 Å². The lowest BCUT2D eigenvalue weighted by atomic mass is 10.0. The Kier molecular flexibility index (Phi) is 7.41. The van der Waals surface area contributed by atoms with Crippen LogP contribution >= 0.6 is 0 Å². The van der Waals surface area contributed by atoms with E-state index in [-0.39, 0.29) is 18.8 Å². The molecule has 1 N–H and O–H groups in total. The molecule has 1 saturated heterocycles. The van der Waals surface area contributed by atoms with Gasteiger partial charge in [-0.05, 0) is 65.3 Å². The number of hydrogen-bond acceptors (Lipinski definition) is 8. The van der Waals surface area contributed by atoms with Crippen LogP contribution in [0.3, 0.4) is 0 Å². The number of nitrogens with zero attached hydrogens (tertiary/aromatic N) is 7. The first-order valence-corrected chi connectivity index (χ1v) is 13.3. The maximum absolute atomic E-state index is 15.4. The summed E-state index contributed by atoms with van der Waals surface area (Å²) in [7, 11) is 0. The predicted octanol–water partition coefficient (Wildman–Crippen LogP) is 4.24. The van der Waals surface area contributed by atoms with Gasteiger partial charge in [0.2, 0.25) is 0 Å². The predicted molar refractivity (Wildman–Crippen MR) is 145 cm³/mol. The number of carbonyl (C=O) groups is 1. The maximum atomic E-state index is 15.4. The Labute approximate surface area is 235 Å². The number of aliphatic hydroxyl groups is 1. The molecule has 11 nitrogen and oxygen atoms in total. The first-order chi connectivity index (χ1) is 19.3. The summed E-state index contributed by atoms with van der Waals surface area (Å²) in [6.45, 7) is 8.71. The average Bonchev–Trinajstić information content (AvgIpc) is 3.53. The first-order valence-electron chi connectivity index (χ1n) is 13.3. The Morgan fingerprint density at radius 1 is 1.22 bits per heavy atom. The highest BCUT2D eigenvalue weighted by Gasteiger charge is 2.36. The standard InChI is InChI=1S/C28H33F2N7O4/c1-17-25(33-34-37(17)21-9-11-35(15-20(21)30)26(38)41-27(2,3)4)18-12-23(22-8-10-32-36(22)14-18)40-16-28(5,39)24-7-6-19(29)13-31-24/h6-8,10,12-14,20-21,39H,9,11,15-16H2,1-5H3/t20-,21+,28?/m0/s1. The van der Waals surface area contributed by atoms with Crippen molar-refractivity contribution < 1.29 is 28.2 Å². The first kappa shape index (κ1) is 28.4. The molecule has 1 amide bonds. The lowest BCUT2D eigenvalue weighted by Crippen LogP contribution is -2.47. The van der Waals surface area contributed by atoms with Gasteiger partial charge in [0.1, 0.15) is 46.8 Å². The highest BCUT2D eigenvalue weighted by molar-refractivity contribution is 5.70. The number of halogens is 2. The zero-order valence-corrected chi connectivity index (χ0v) is 23.6. The third-order valence-corrected chi connectivity index (χ3v) is 6.93. The van der Waals surface area contributed by atoms with Crippen molar-refractivity contribution in [2.75, 3.05) is 19.7 Å². The number of pyridine rings is 2. The zero-order valence-electron chi connectivity index (χ0n) is 23.6. The zero-order chi connectivity index (χ0) is 29.5. The van der Waals surface area contributed by atoms with Crippen molar-refractivity contribution in [1.82, 2.24) is 34.5 Å². The van der Waals surface area contributed by atoms with Crippen LogP contribution in [0.1, 0.15) is 51.5 Å². The van der Waals surface area contributed by atoms with E-state index in [0.717, 1.165) is 6.20 Å². The monoisotopic (exact) mass is 569 g/mol. The van der Waals surface area contributed by atoms with E-state index in [1.165, 1.54) is 24.0 Å². The Balaban J connectivity index is 1.36. The third-order valence-electron chi connectivity index (χ3n) is 6.93. The molecule has 4 aromatic rings. The fourth-order valence-corrected chi connectivity index (χ4v) is 4.81. The van der Waals surface area contributed by atoms with Crippen LogP contribution in [0.2, 0.25) is 0 Å². The highest BCUT2D eigenvalue weighted by Crippen LogP contribution is 2.33. The van der Waals surface area contributed by atoms with Crippen LogP contribution < -0.4 is 4.74 Å². The molecule has 3 atom stereocenters. The molecule has 1 aliphatic heterocycles. The van der Waals surface area contributed by atoms with Gasteiger partial charge in [-0.25, -0.2) is 22.8 Å². The van der Waals surface area contributed by atoms with Crippen molar-refractivity contribution >= 4 is 11.6 Å². The van der Waals surface area contributed by atoms with E-state index in [4.69, 9.17) is 9.47 Å². The molecular weight excluding hydrogens is 536 g/mol. The number of amides is 1. The van der Waals surface area contributed by atoms with Gasteiger partial charge in [-0.3, -0.25) is 4.98 Å². The molecule has 0 saturated carbocycles. The largest absolute Gasteiger partial charge is 0.488 e. The number of carbonyl (C=O) groups excluding carboxylic acids is 1. The van der Waals surface area contributed by atoms with E-state index in [1.54, 1.807) is 61.4 Å². The molecule has 0 radical (unpaired) electrons. The smallest absolute Gasteiger partial charge is 0.410 e. The number of ether oxygens (including phenoxy) is 2. The molecule has 5 heterocycles. The molecule has 0 aromatic carbocycles. The second-order valence-electron chi connectivity index (χ2n) is 11.4. The molecule has 41 heavy (non-hydrogen) atoms. The van der Waals surface area contributed by atoms with Crippen molar-refractivity contribution in [2.24, 2.45) is 0 Å². The minimum atomic E-state index is -1.50. The van der Waals surface area contributed by atoms with Crippen LogP contribution in [0.5, 0.6) is 5.75 Å². The van der Waals surface area contributed by atoms with Gasteiger partial charge >= 0.3 is 6.09 Å². The number of rotatable bonds is 6. The number of likely N-dealkylation sites (tertiary alicyclic amines) is 1. The van der Waals surface area contributed by atoms with Crippen molar-refractivity contribution in [3.05, 3.63) is 60.1 Å². The van der Waals surface area contributed by atoms with Crippen molar-refractivity contribution in [1.29, 1.82) is 0 Å². The van der Waals surface area contributed by atoms with Gasteiger partial charge in [0.05, 0.1) is 36.4 Å². The van der Waals surface area contributed by atoms with Gasteiger partial charge in [-0.15, -0.1) is 5.10 Å². The second kappa shape index (κ2) is 10.7. The van der Waals surface area contributed by atoms with Crippen LogP contribution in [-0.2, 0) is 10.3 Å². The average molecular weight is 570 g/mol. The van der Waals surface area contributed by atoms with Gasteiger partial charge in [-0.2, -0.15) is 5.10 Å². The number of aromatic nitrogens is 6. The van der Waals surface area contributed by atoms with Crippen LogP contribution in [0.4, 0.5) is 13.6 Å². The summed E-state index contributed by atoms with van der Waals surface area (Å²) in [6, 6.07) is 5.55. The Bertz CT molecular complexity index is 1550. The van der Waals surface area contributed by atoms with Crippen molar-refractivity contribution in [2.45, 2.75) is 64.5 Å². The van der Waals surface area contributed by atoms with Gasteiger partial charge in [0.25, 0.3) is 0 Å². The lowest BCUT2D eigenvalue weighted by molar-refractivity contribution is 0.00410. The lowest BCUT2D eigenvalue weighted by Gasteiger charge is -2.35. The SMILES string of the molecule is Cc1c(-c2cc(OCC(C)(O)c3ccc(F)cn3)c3ccnn3c2)nnn1[C@@H]1CCN(C(=O)OC(C)(C)C)C[C@@H]1F. The quantitative estimate of drug-likeness (QED) is 0.366. The topological polar surface area (TPSA) is 120 Å². The molecule has 1 fully saturated rings. The molecule has 218 valence electrons. The maximum Gasteiger partial charge on any atom is 0.410 e. The van der Waals surface area contributed by atoms with E-state index >= 15 is 4.39 Å². The Hall–Kier alpha value is -4.13.